The maximum Gasteiger partial charge on any atom is 0.0612 e. The lowest BCUT2D eigenvalue weighted by molar-refractivity contribution is 0.0561. The first-order chi connectivity index (χ1) is 6.27. The summed E-state index contributed by atoms with van der Waals surface area (Å²) in [4.78, 5) is 0. The monoisotopic (exact) mass is 199 g/mol. The SMILES string of the molecule is CCCC/C=C/C(C)(N)CC(C)(C)O. The molecule has 0 aromatic carbocycles. The lowest BCUT2D eigenvalue weighted by Gasteiger charge is -2.28. The number of aliphatic hydroxyl groups is 1. The van der Waals surface area contributed by atoms with Crippen molar-refractivity contribution in [3.8, 4) is 0 Å². The molecule has 2 heteroatoms. The van der Waals surface area contributed by atoms with E-state index in [1.54, 1.807) is 13.8 Å². The van der Waals surface area contributed by atoms with Crippen molar-refractivity contribution in [1.82, 2.24) is 0 Å². The molecule has 14 heavy (non-hydrogen) atoms. The van der Waals surface area contributed by atoms with Gasteiger partial charge in [-0.15, -0.1) is 0 Å². The molecule has 2 nitrogen and oxygen atoms in total. The average molecular weight is 199 g/mol. The molecule has 0 radical (unpaired) electrons. The van der Waals surface area contributed by atoms with Crippen LogP contribution in [-0.4, -0.2) is 16.2 Å². The van der Waals surface area contributed by atoms with Crippen molar-refractivity contribution in [3.05, 3.63) is 12.2 Å². The Hall–Kier alpha value is -0.340. The molecule has 0 aliphatic carbocycles. The number of unbranched alkanes of at least 4 members (excludes halogenated alkanes) is 2. The molecule has 84 valence electrons. The molecule has 1 atom stereocenters. The molecule has 0 aliphatic heterocycles. The van der Waals surface area contributed by atoms with Crippen molar-refractivity contribution in [2.24, 2.45) is 5.73 Å². The second-order valence-corrected chi connectivity index (χ2v) is 5.04. The summed E-state index contributed by atoms with van der Waals surface area (Å²) in [5, 5.41) is 9.64. The van der Waals surface area contributed by atoms with Gasteiger partial charge in [-0.25, -0.2) is 0 Å². The number of allylic oxidation sites excluding steroid dienone is 1. The largest absolute Gasteiger partial charge is 0.390 e. The smallest absolute Gasteiger partial charge is 0.0612 e. The standard InChI is InChI=1S/C12H25NO/c1-5-6-7-8-9-12(4,13)10-11(2,3)14/h8-9,14H,5-7,10,13H2,1-4H3/b9-8+. The van der Waals surface area contributed by atoms with Gasteiger partial charge in [-0.1, -0.05) is 31.9 Å². The molecule has 0 bridgehead atoms. The van der Waals surface area contributed by atoms with Crippen LogP contribution in [0.2, 0.25) is 0 Å². The van der Waals surface area contributed by atoms with Crippen molar-refractivity contribution >= 4 is 0 Å². The van der Waals surface area contributed by atoms with Crippen molar-refractivity contribution in [3.63, 3.8) is 0 Å². The maximum atomic E-state index is 9.64. The summed E-state index contributed by atoms with van der Waals surface area (Å²) < 4.78 is 0. The Bertz CT molecular complexity index is 177. The third-order valence-corrected chi connectivity index (χ3v) is 2.04. The van der Waals surface area contributed by atoms with Gasteiger partial charge in [0.1, 0.15) is 0 Å². The average Bonchev–Trinajstić information content (AvgIpc) is 1.93. The van der Waals surface area contributed by atoms with E-state index in [0.717, 1.165) is 6.42 Å². The highest BCUT2D eigenvalue weighted by Gasteiger charge is 2.24. The molecule has 0 aliphatic rings. The Morgan fingerprint density at radius 3 is 2.29 bits per heavy atom. The molecule has 0 fully saturated rings. The van der Waals surface area contributed by atoms with Crippen molar-refractivity contribution < 1.29 is 5.11 Å². The summed E-state index contributed by atoms with van der Waals surface area (Å²) in [5.41, 5.74) is 4.95. The highest BCUT2D eigenvalue weighted by atomic mass is 16.3. The fourth-order valence-electron chi connectivity index (χ4n) is 1.67. The van der Waals surface area contributed by atoms with E-state index in [-0.39, 0.29) is 0 Å². The van der Waals surface area contributed by atoms with Crippen molar-refractivity contribution in [2.75, 3.05) is 0 Å². The molecule has 0 amide bonds. The summed E-state index contributed by atoms with van der Waals surface area (Å²) in [6.07, 6.45) is 8.21. The lowest BCUT2D eigenvalue weighted by atomic mass is 9.88. The van der Waals surface area contributed by atoms with Crippen LogP contribution in [0.3, 0.4) is 0 Å². The Balaban J connectivity index is 4.00. The Labute approximate surface area is 88.2 Å². The van der Waals surface area contributed by atoms with Crippen LogP contribution in [0.5, 0.6) is 0 Å². The molecule has 0 heterocycles. The minimum absolute atomic E-state index is 0.397. The fraction of sp³-hybridized carbons (Fsp3) is 0.833. The topological polar surface area (TPSA) is 46.2 Å². The van der Waals surface area contributed by atoms with E-state index in [2.05, 4.69) is 13.0 Å². The van der Waals surface area contributed by atoms with E-state index in [4.69, 9.17) is 5.73 Å². The van der Waals surface area contributed by atoms with Crippen LogP contribution in [0.1, 0.15) is 53.4 Å². The molecule has 0 aromatic rings. The van der Waals surface area contributed by atoms with E-state index in [0.29, 0.717) is 6.42 Å². The summed E-state index contributed by atoms with van der Waals surface area (Å²) >= 11 is 0. The minimum Gasteiger partial charge on any atom is -0.390 e. The van der Waals surface area contributed by atoms with Gasteiger partial charge in [0.15, 0.2) is 0 Å². The highest BCUT2D eigenvalue weighted by molar-refractivity contribution is 5.04. The van der Waals surface area contributed by atoms with Crippen LogP contribution >= 0.6 is 0 Å². The predicted octanol–water partition coefficient (Wildman–Crippen LogP) is 2.61. The molecule has 0 aromatic heterocycles. The van der Waals surface area contributed by atoms with E-state index >= 15 is 0 Å². The van der Waals surface area contributed by atoms with E-state index in [1.165, 1.54) is 12.8 Å². The summed E-state index contributed by atoms with van der Waals surface area (Å²) in [7, 11) is 0. The normalized spacial score (nSPS) is 17.3. The number of rotatable bonds is 6. The second-order valence-electron chi connectivity index (χ2n) is 5.04. The van der Waals surface area contributed by atoms with Gasteiger partial charge in [0, 0.05) is 5.54 Å². The van der Waals surface area contributed by atoms with Crippen LogP contribution in [0.15, 0.2) is 12.2 Å². The quantitative estimate of drug-likeness (QED) is 0.510. The minimum atomic E-state index is -0.696. The first kappa shape index (κ1) is 13.7. The van der Waals surface area contributed by atoms with Gasteiger partial charge >= 0.3 is 0 Å². The van der Waals surface area contributed by atoms with Gasteiger partial charge in [0.25, 0.3) is 0 Å². The van der Waals surface area contributed by atoms with Crippen LogP contribution in [0, 0.1) is 0 Å². The summed E-state index contributed by atoms with van der Waals surface area (Å²) in [5.74, 6) is 0. The maximum absolute atomic E-state index is 9.64. The van der Waals surface area contributed by atoms with Gasteiger partial charge < -0.3 is 10.8 Å². The third kappa shape index (κ3) is 8.27. The fourth-order valence-corrected chi connectivity index (χ4v) is 1.67. The Morgan fingerprint density at radius 1 is 1.29 bits per heavy atom. The van der Waals surface area contributed by atoms with Crippen molar-refractivity contribution in [2.45, 2.75) is 64.5 Å². The Kier molecular flexibility index (Phi) is 5.38. The zero-order valence-electron chi connectivity index (χ0n) is 10.0. The number of hydrogen-bond donors (Lipinski definition) is 2. The Morgan fingerprint density at radius 2 is 1.86 bits per heavy atom. The first-order valence-electron chi connectivity index (χ1n) is 5.46. The van der Waals surface area contributed by atoms with E-state index < -0.39 is 11.1 Å². The molecule has 0 rings (SSSR count). The number of hydrogen-bond acceptors (Lipinski definition) is 2. The van der Waals surface area contributed by atoms with Crippen LogP contribution < -0.4 is 5.73 Å². The summed E-state index contributed by atoms with van der Waals surface area (Å²) in [6, 6.07) is 0. The molecule has 3 N–H and O–H groups in total. The summed E-state index contributed by atoms with van der Waals surface area (Å²) in [6.45, 7) is 7.70. The predicted molar refractivity (Wildman–Crippen MR) is 62.2 cm³/mol. The zero-order chi connectivity index (χ0) is 11.2. The van der Waals surface area contributed by atoms with E-state index in [9.17, 15) is 5.11 Å². The third-order valence-electron chi connectivity index (χ3n) is 2.04. The molecule has 1 unspecified atom stereocenters. The van der Waals surface area contributed by atoms with Gasteiger partial charge in [-0.3, -0.25) is 0 Å². The molecule has 0 spiro atoms. The van der Waals surface area contributed by atoms with Crippen LogP contribution in [-0.2, 0) is 0 Å². The molecular weight excluding hydrogens is 174 g/mol. The first-order valence-corrected chi connectivity index (χ1v) is 5.46. The highest BCUT2D eigenvalue weighted by Crippen LogP contribution is 2.19. The van der Waals surface area contributed by atoms with Crippen molar-refractivity contribution in [1.29, 1.82) is 0 Å². The van der Waals surface area contributed by atoms with Crippen LogP contribution in [0.4, 0.5) is 0 Å². The molecular formula is C12H25NO. The van der Waals surface area contributed by atoms with Gasteiger partial charge in [0.2, 0.25) is 0 Å². The van der Waals surface area contributed by atoms with E-state index in [1.807, 2.05) is 13.0 Å². The lowest BCUT2D eigenvalue weighted by Crippen LogP contribution is -2.41. The van der Waals surface area contributed by atoms with Gasteiger partial charge in [-0.05, 0) is 33.6 Å². The molecule has 0 saturated carbocycles. The van der Waals surface area contributed by atoms with Gasteiger partial charge in [0.05, 0.1) is 5.60 Å². The zero-order valence-corrected chi connectivity index (χ0v) is 10.0. The number of nitrogens with two attached hydrogens (primary N) is 1. The molecule has 0 saturated heterocycles. The van der Waals surface area contributed by atoms with Gasteiger partial charge in [-0.2, -0.15) is 0 Å². The second kappa shape index (κ2) is 5.52. The van der Waals surface area contributed by atoms with Crippen LogP contribution in [0.25, 0.3) is 0 Å².